The second-order valence-corrected chi connectivity index (χ2v) is 4.89. The van der Waals surface area contributed by atoms with Gasteiger partial charge in [0.15, 0.2) is 0 Å². The van der Waals surface area contributed by atoms with Crippen molar-refractivity contribution in [2.45, 2.75) is 46.0 Å². The van der Waals surface area contributed by atoms with Crippen LogP contribution in [0.2, 0.25) is 0 Å². The van der Waals surface area contributed by atoms with Crippen LogP contribution in [-0.4, -0.2) is 13.1 Å². The van der Waals surface area contributed by atoms with E-state index in [2.05, 4.69) is 31.3 Å². The third-order valence-electron chi connectivity index (χ3n) is 2.90. The standard InChI is InChI=1S/C13H25N/c1-12(2)11-14-10-5-3-4-7-13-8-6-9-13/h3-4,12-14H,5-11H2,1-2H3. The summed E-state index contributed by atoms with van der Waals surface area (Å²) >= 11 is 0. The van der Waals surface area contributed by atoms with Gasteiger partial charge in [-0.15, -0.1) is 0 Å². The molecule has 1 rings (SSSR count). The molecule has 1 fully saturated rings. The first-order chi connectivity index (χ1) is 6.79. The number of hydrogen-bond donors (Lipinski definition) is 1. The van der Waals surface area contributed by atoms with Gasteiger partial charge in [0.2, 0.25) is 0 Å². The van der Waals surface area contributed by atoms with E-state index in [0.29, 0.717) is 0 Å². The molecule has 0 aromatic carbocycles. The van der Waals surface area contributed by atoms with Gasteiger partial charge in [0.05, 0.1) is 0 Å². The summed E-state index contributed by atoms with van der Waals surface area (Å²) in [6.45, 7) is 6.79. The van der Waals surface area contributed by atoms with Gasteiger partial charge in [0, 0.05) is 0 Å². The lowest BCUT2D eigenvalue weighted by Crippen LogP contribution is -2.20. The van der Waals surface area contributed by atoms with E-state index in [9.17, 15) is 0 Å². The molecular weight excluding hydrogens is 170 g/mol. The van der Waals surface area contributed by atoms with Crippen molar-refractivity contribution in [2.24, 2.45) is 11.8 Å². The predicted octanol–water partition coefficient (Wildman–Crippen LogP) is 3.37. The van der Waals surface area contributed by atoms with Crippen molar-refractivity contribution in [2.75, 3.05) is 13.1 Å². The van der Waals surface area contributed by atoms with Crippen LogP contribution in [0.3, 0.4) is 0 Å². The van der Waals surface area contributed by atoms with Crippen LogP contribution in [0.25, 0.3) is 0 Å². The Labute approximate surface area is 89.0 Å². The largest absolute Gasteiger partial charge is 0.316 e. The molecule has 1 nitrogen and oxygen atoms in total. The molecule has 0 unspecified atom stereocenters. The summed E-state index contributed by atoms with van der Waals surface area (Å²) in [7, 11) is 0. The number of nitrogens with one attached hydrogen (secondary N) is 1. The first kappa shape index (κ1) is 11.8. The summed E-state index contributed by atoms with van der Waals surface area (Å²) in [4.78, 5) is 0. The van der Waals surface area contributed by atoms with Gasteiger partial charge >= 0.3 is 0 Å². The monoisotopic (exact) mass is 195 g/mol. The van der Waals surface area contributed by atoms with Crippen LogP contribution in [0.4, 0.5) is 0 Å². The van der Waals surface area contributed by atoms with Crippen molar-refractivity contribution < 1.29 is 0 Å². The van der Waals surface area contributed by atoms with E-state index in [0.717, 1.165) is 24.9 Å². The van der Waals surface area contributed by atoms with E-state index in [-0.39, 0.29) is 0 Å². The minimum Gasteiger partial charge on any atom is -0.316 e. The van der Waals surface area contributed by atoms with E-state index in [4.69, 9.17) is 0 Å². The van der Waals surface area contributed by atoms with Gasteiger partial charge in [0.1, 0.15) is 0 Å². The number of hydrogen-bond acceptors (Lipinski definition) is 1. The Morgan fingerprint density at radius 1 is 1.29 bits per heavy atom. The summed E-state index contributed by atoms with van der Waals surface area (Å²) in [6, 6.07) is 0. The van der Waals surface area contributed by atoms with Gasteiger partial charge in [-0.2, -0.15) is 0 Å². The zero-order chi connectivity index (χ0) is 10.2. The Bertz CT molecular complexity index is 157. The molecule has 1 saturated carbocycles. The van der Waals surface area contributed by atoms with Gasteiger partial charge in [-0.1, -0.05) is 45.3 Å². The summed E-state index contributed by atoms with van der Waals surface area (Å²) < 4.78 is 0. The number of rotatable bonds is 7. The lowest BCUT2D eigenvalue weighted by molar-refractivity contribution is 0.319. The number of allylic oxidation sites excluding steroid dienone is 1. The fourth-order valence-corrected chi connectivity index (χ4v) is 1.71. The van der Waals surface area contributed by atoms with E-state index in [1.54, 1.807) is 0 Å². The molecule has 1 aliphatic carbocycles. The van der Waals surface area contributed by atoms with Gasteiger partial charge in [0.25, 0.3) is 0 Å². The molecule has 0 bridgehead atoms. The molecule has 0 radical (unpaired) electrons. The molecule has 0 amide bonds. The highest BCUT2D eigenvalue weighted by atomic mass is 14.8. The normalized spacial score (nSPS) is 17.9. The topological polar surface area (TPSA) is 12.0 Å². The van der Waals surface area contributed by atoms with Crippen molar-refractivity contribution in [1.29, 1.82) is 0 Å². The molecule has 1 N–H and O–H groups in total. The highest BCUT2D eigenvalue weighted by Crippen LogP contribution is 2.29. The summed E-state index contributed by atoms with van der Waals surface area (Å²) in [5.41, 5.74) is 0. The fourth-order valence-electron chi connectivity index (χ4n) is 1.71. The van der Waals surface area contributed by atoms with Gasteiger partial charge < -0.3 is 5.32 Å². The molecule has 0 saturated heterocycles. The van der Waals surface area contributed by atoms with Crippen molar-refractivity contribution >= 4 is 0 Å². The van der Waals surface area contributed by atoms with Crippen LogP contribution >= 0.6 is 0 Å². The SMILES string of the molecule is CC(C)CNCCC=CCC1CCC1. The average Bonchev–Trinajstić information content (AvgIpc) is 2.06. The van der Waals surface area contributed by atoms with Crippen molar-refractivity contribution in [3.63, 3.8) is 0 Å². The van der Waals surface area contributed by atoms with E-state index < -0.39 is 0 Å². The van der Waals surface area contributed by atoms with Crippen LogP contribution in [0, 0.1) is 11.8 Å². The average molecular weight is 195 g/mol. The second-order valence-electron chi connectivity index (χ2n) is 4.89. The highest BCUT2D eigenvalue weighted by molar-refractivity contribution is 4.86. The molecule has 82 valence electrons. The molecular formula is C13H25N. The Morgan fingerprint density at radius 3 is 2.64 bits per heavy atom. The molecule has 0 aromatic rings. The summed E-state index contributed by atoms with van der Waals surface area (Å²) in [5.74, 6) is 1.80. The maximum absolute atomic E-state index is 3.45. The van der Waals surface area contributed by atoms with E-state index in [1.807, 2.05) is 0 Å². The second kappa shape index (κ2) is 7.05. The Morgan fingerprint density at radius 2 is 2.07 bits per heavy atom. The third-order valence-corrected chi connectivity index (χ3v) is 2.90. The van der Waals surface area contributed by atoms with Crippen molar-refractivity contribution in [3.05, 3.63) is 12.2 Å². The molecule has 0 heterocycles. The summed E-state index contributed by atoms with van der Waals surface area (Å²) in [5, 5.41) is 3.45. The maximum Gasteiger partial charge on any atom is -0.00142 e. The Kier molecular flexibility index (Phi) is 5.93. The quantitative estimate of drug-likeness (QED) is 0.485. The van der Waals surface area contributed by atoms with Crippen LogP contribution < -0.4 is 5.32 Å². The Balaban J connectivity index is 1.82. The molecule has 0 aromatic heterocycles. The van der Waals surface area contributed by atoms with Crippen LogP contribution in [0.15, 0.2) is 12.2 Å². The van der Waals surface area contributed by atoms with Gasteiger partial charge in [-0.3, -0.25) is 0 Å². The molecule has 14 heavy (non-hydrogen) atoms. The molecule has 0 spiro atoms. The molecule has 1 aliphatic rings. The third kappa shape index (κ3) is 5.43. The minimum absolute atomic E-state index is 0.772. The van der Waals surface area contributed by atoms with Crippen LogP contribution in [-0.2, 0) is 0 Å². The van der Waals surface area contributed by atoms with Gasteiger partial charge in [-0.25, -0.2) is 0 Å². The van der Waals surface area contributed by atoms with E-state index >= 15 is 0 Å². The maximum atomic E-state index is 3.45. The first-order valence-electron chi connectivity index (χ1n) is 6.14. The first-order valence-corrected chi connectivity index (χ1v) is 6.14. The Hall–Kier alpha value is -0.300. The minimum atomic E-state index is 0.772. The van der Waals surface area contributed by atoms with Crippen LogP contribution in [0.1, 0.15) is 46.0 Å². The van der Waals surface area contributed by atoms with Crippen LogP contribution in [0.5, 0.6) is 0 Å². The molecule has 0 aliphatic heterocycles. The van der Waals surface area contributed by atoms with Crippen molar-refractivity contribution in [3.8, 4) is 0 Å². The van der Waals surface area contributed by atoms with E-state index in [1.165, 1.54) is 32.1 Å². The van der Waals surface area contributed by atoms with Crippen molar-refractivity contribution in [1.82, 2.24) is 5.32 Å². The lowest BCUT2D eigenvalue weighted by Gasteiger charge is -2.23. The smallest absolute Gasteiger partial charge is 0.00142 e. The fraction of sp³-hybridized carbons (Fsp3) is 0.846. The lowest BCUT2D eigenvalue weighted by atomic mass is 9.83. The molecule has 1 heteroatoms. The zero-order valence-electron chi connectivity index (χ0n) is 9.76. The predicted molar refractivity (Wildman–Crippen MR) is 63.4 cm³/mol. The van der Waals surface area contributed by atoms with Gasteiger partial charge in [-0.05, 0) is 37.8 Å². The highest BCUT2D eigenvalue weighted by Gasteiger charge is 2.14. The zero-order valence-corrected chi connectivity index (χ0v) is 9.76. The summed E-state index contributed by atoms with van der Waals surface area (Å²) in [6.07, 6.45) is 11.6. The molecule has 0 atom stereocenters.